The van der Waals surface area contributed by atoms with Crippen molar-refractivity contribution in [1.29, 1.82) is 0 Å². The van der Waals surface area contributed by atoms with Crippen LogP contribution in [-0.4, -0.2) is 76.9 Å². The molecule has 4 aliphatic rings. The molecule has 0 aromatic heterocycles. The summed E-state index contributed by atoms with van der Waals surface area (Å²) in [4.78, 5) is 34.0. The van der Waals surface area contributed by atoms with E-state index < -0.39 is 28.8 Å². The standard InChI is InChI=1S/C52H57N3O12/c1-3-26-61-40-21-23-45-43(30-40)49-41(15-9-11-25-57)37(14-8-10-24-56)29-42-44(53-65-33-35-12-6-5-7-13-35)31-48(52(67-45,50(42)49)64-27-4-2)54(32-36-16-22-46-47(28-36)63-34-62-46)51(58)66-39-19-17-38(18-20-39)55(59)60/h3-7,12-13,16-23,28-30,37,41,48-50,56-57H,1-2,8-11,14-15,24-27,31-34H2/t37-,41+,48-,49+,50+,52+/m0/s1. The van der Waals surface area contributed by atoms with Crippen LogP contribution in [0.2, 0.25) is 0 Å². The van der Waals surface area contributed by atoms with Crippen LogP contribution >= 0.6 is 0 Å². The normalized spacial score (nSPS) is 22.6. The fraction of sp³-hybridized carbons (Fsp3) is 0.385. The molecular weight excluding hydrogens is 859 g/mol. The van der Waals surface area contributed by atoms with Gasteiger partial charge >= 0.3 is 6.09 Å². The van der Waals surface area contributed by atoms with Crippen LogP contribution in [0.25, 0.3) is 0 Å². The van der Waals surface area contributed by atoms with Crippen molar-refractivity contribution in [2.75, 3.05) is 33.2 Å². The number of oxime groups is 1. The Morgan fingerprint density at radius 1 is 0.866 bits per heavy atom. The Bertz CT molecular complexity index is 2440. The van der Waals surface area contributed by atoms with Gasteiger partial charge in [-0.05, 0) is 96.7 Å². The minimum absolute atomic E-state index is 0.00927. The zero-order chi connectivity index (χ0) is 46.8. The second-order valence-corrected chi connectivity index (χ2v) is 17.1. The molecule has 15 nitrogen and oxygen atoms in total. The molecule has 0 bridgehead atoms. The predicted octanol–water partition coefficient (Wildman–Crippen LogP) is 9.42. The number of nitrogens with zero attached hydrogens (tertiary/aromatic N) is 3. The Balaban J connectivity index is 1.34. The van der Waals surface area contributed by atoms with Crippen molar-refractivity contribution in [3.05, 3.63) is 155 Å². The van der Waals surface area contributed by atoms with Gasteiger partial charge in [0, 0.05) is 49.8 Å². The highest BCUT2D eigenvalue weighted by Gasteiger charge is 2.66. The van der Waals surface area contributed by atoms with E-state index in [0.29, 0.717) is 47.1 Å². The molecule has 352 valence electrons. The first-order valence-electron chi connectivity index (χ1n) is 22.9. The van der Waals surface area contributed by atoms with E-state index in [-0.39, 0.29) is 82.0 Å². The minimum atomic E-state index is -1.60. The number of fused-ring (bicyclic) bond motifs is 3. The summed E-state index contributed by atoms with van der Waals surface area (Å²) in [7, 11) is 0. The number of nitro groups is 1. The summed E-state index contributed by atoms with van der Waals surface area (Å²) in [5.41, 5.74) is 3.81. The first kappa shape index (κ1) is 46.8. The largest absolute Gasteiger partial charge is 0.490 e. The second kappa shape index (κ2) is 21.7. The summed E-state index contributed by atoms with van der Waals surface area (Å²) in [6.45, 7) is 8.56. The van der Waals surface area contributed by atoms with Gasteiger partial charge in [-0.15, -0.1) is 6.58 Å². The zero-order valence-corrected chi connectivity index (χ0v) is 37.4. The molecule has 2 heterocycles. The average molecular weight is 916 g/mol. The third kappa shape index (κ3) is 10.3. The highest BCUT2D eigenvalue weighted by atomic mass is 16.7. The number of non-ortho nitro benzene ring substituents is 1. The van der Waals surface area contributed by atoms with E-state index in [0.717, 1.165) is 42.4 Å². The number of rotatable bonds is 22. The van der Waals surface area contributed by atoms with Gasteiger partial charge in [0.2, 0.25) is 12.6 Å². The van der Waals surface area contributed by atoms with E-state index in [1.54, 1.807) is 23.1 Å². The molecule has 0 unspecified atom stereocenters. The lowest BCUT2D eigenvalue weighted by atomic mass is 9.55. The van der Waals surface area contributed by atoms with E-state index >= 15 is 4.79 Å². The lowest BCUT2D eigenvalue weighted by Gasteiger charge is -2.59. The number of allylic oxidation sites excluding steroid dienone is 1. The first-order chi connectivity index (χ1) is 32.8. The molecule has 0 saturated heterocycles. The van der Waals surface area contributed by atoms with E-state index in [9.17, 15) is 20.3 Å². The number of hydrogen-bond acceptors (Lipinski definition) is 13. The van der Waals surface area contributed by atoms with Gasteiger partial charge < -0.3 is 43.5 Å². The number of unbranched alkanes of at least 4 members (excludes halogenated alkanes) is 2. The molecule has 0 radical (unpaired) electrons. The van der Waals surface area contributed by atoms with Crippen molar-refractivity contribution < 1.29 is 53.2 Å². The summed E-state index contributed by atoms with van der Waals surface area (Å²) in [6.07, 6.45) is 9.23. The number of carbonyl (C=O) groups is 1. The molecule has 1 amide bonds. The number of ether oxygens (including phenoxy) is 6. The number of carbonyl (C=O) groups excluding carboxylic acids is 1. The molecule has 15 heteroatoms. The maximum absolute atomic E-state index is 15.2. The van der Waals surface area contributed by atoms with Gasteiger partial charge in [-0.2, -0.15) is 0 Å². The lowest BCUT2D eigenvalue weighted by Crippen LogP contribution is -2.70. The van der Waals surface area contributed by atoms with Crippen LogP contribution in [0.1, 0.15) is 67.6 Å². The van der Waals surface area contributed by atoms with Gasteiger partial charge in [-0.1, -0.05) is 79.2 Å². The number of amides is 1. The van der Waals surface area contributed by atoms with Gasteiger partial charge in [0.25, 0.3) is 5.69 Å². The molecule has 67 heavy (non-hydrogen) atoms. The SMILES string of the molecule is C=CCOc1ccc2c(c1)[C@H]1[C@H](CCCCO)[C@@H](CCCCO)C=C3C(=NOCc4ccccc4)C[C@H](N(Cc4ccc5c(c4)OCO5)C(=O)Oc4ccc([N+](=O)[O-])cc4)[C@@](OCC=C)(O2)[C@H]31. The molecule has 2 aliphatic carbocycles. The molecular formula is C52H57N3O12. The number of aliphatic hydroxyl groups is 2. The lowest BCUT2D eigenvalue weighted by molar-refractivity contribution is -0.384. The smallest absolute Gasteiger partial charge is 0.416 e. The average Bonchev–Trinajstić information content (AvgIpc) is 3.82. The Kier molecular flexibility index (Phi) is 15.2. The maximum Gasteiger partial charge on any atom is 0.416 e. The molecule has 1 fully saturated rings. The van der Waals surface area contributed by atoms with Crippen molar-refractivity contribution in [2.24, 2.45) is 22.9 Å². The molecule has 4 aromatic rings. The van der Waals surface area contributed by atoms with Gasteiger partial charge in [-0.25, -0.2) is 4.79 Å². The van der Waals surface area contributed by atoms with Crippen LogP contribution in [0.5, 0.6) is 28.7 Å². The van der Waals surface area contributed by atoms with Crippen molar-refractivity contribution >= 4 is 17.5 Å². The van der Waals surface area contributed by atoms with E-state index in [4.69, 9.17) is 38.4 Å². The van der Waals surface area contributed by atoms with Gasteiger partial charge in [-0.3, -0.25) is 15.0 Å². The van der Waals surface area contributed by atoms with E-state index in [2.05, 4.69) is 19.2 Å². The number of hydrogen-bond donors (Lipinski definition) is 2. The van der Waals surface area contributed by atoms with Crippen molar-refractivity contribution in [3.8, 4) is 28.7 Å². The Morgan fingerprint density at radius 3 is 2.34 bits per heavy atom. The molecule has 8 rings (SSSR count). The quantitative estimate of drug-likeness (QED) is 0.0331. The number of nitro benzene ring substituents is 1. The summed E-state index contributed by atoms with van der Waals surface area (Å²) < 4.78 is 38.2. The molecule has 4 aromatic carbocycles. The summed E-state index contributed by atoms with van der Waals surface area (Å²) >= 11 is 0. The van der Waals surface area contributed by atoms with Gasteiger partial charge in [0.05, 0.1) is 23.2 Å². The Morgan fingerprint density at radius 2 is 1.60 bits per heavy atom. The third-order valence-corrected chi connectivity index (χ3v) is 12.9. The van der Waals surface area contributed by atoms with Gasteiger partial charge in [0.15, 0.2) is 11.5 Å². The van der Waals surface area contributed by atoms with E-state index in [1.165, 1.54) is 24.3 Å². The monoisotopic (exact) mass is 915 g/mol. The topological polar surface area (TPSA) is 181 Å². The molecule has 1 saturated carbocycles. The minimum Gasteiger partial charge on any atom is -0.490 e. The third-order valence-electron chi connectivity index (χ3n) is 12.9. The highest BCUT2D eigenvalue weighted by molar-refractivity contribution is 6.03. The van der Waals surface area contributed by atoms with Crippen LogP contribution in [0.15, 0.2) is 133 Å². The zero-order valence-electron chi connectivity index (χ0n) is 37.4. The summed E-state index contributed by atoms with van der Waals surface area (Å²) in [5.74, 6) is -0.160. The highest BCUT2D eigenvalue weighted by Crippen LogP contribution is 2.62. The predicted molar refractivity (Wildman–Crippen MR) is 249 cm³/mol. The number of benzene rings is 4. The fourth-order valence-electron chi connectivity index (χ4n) is 9.99. The fourth-order valence-corrected chi connectivity index (χ4v) is 9.99. The van der Waals surface area contributed by atoms with Crippen LogP contribution in [0.4, 0.5) is 10.5 Å². The number of aliphatic hydroxyl groups excluding tert-OH is 2. The van der Waals surface area contributed by atoms with Crippen LogP contribution < -0.4 is 23.7 Å². The first-order valence-corrected chi connectivity index (χ1v) is 22.9. The van der Waals surface area contributed by atoms with Gasteiger partial charge in [0.1, 0.15) is 36.5 Å². The maximum atomic E-state index is 15.2. The van der Waals surface area contributed by atoms with Crippen LogP contribution in [-0.2, 0) is 22.7 Å². The van der Waals surface area contributed by atoms with Crippen molar-refractivity contribution in [1.82, 2.24) is 4.90 Å². The molecule has 2 aliphatic heterocycles. The van der Waals surface area contributed by atoms with Crippen LogP contribution in [0, 0.1) is 27.9 Å². The van der Waals surface area contributed by atoms with E-state index in [1.807, 2.05) is 60.7 Å². The summed E-state index contributed by atoms with van der Waals surface area (Å²) in [6, 6.07) is 25.3. The molecule has 0 spiro atoms. The summed E-state index contributed by atoms with van der Waals surface area (Å²) in [5, 5.41) is 36.5. The molecule has 6 atom stereocenters. The Labute approximate surface area is 390 Å². The Hall–Kier alpha value is -6.68. The van der Waals surface area contributed by atoms with Crippen LogP contribution in [0.3, 0.4) is 0 Å². The molecule has 2 N–H and O–H groups in total. The van der Waals surface area contributed by atoms with Crippen molar-refractivity contribution in [3.63, 3.8) is 0 Å². The second-order valence-electron chi connectivity index (χ2n) is 17.1. The van der Waals surface area contributed by atoms with Crippen molar-refractivity contribution in [2.45, 2.75) is 75.8 Å².